The Kier molecular flexibility index (Phi) is 5.29. The molecule has 22 heavy (non-hydrogen) atoms. The van der Waals surface area contributed by atoms with E-state index in [4.69, 9.17) is 4.74 Å². The van der Waals surface area contributed by atoms with Gasteiger partial charge in [0.2, 0.25) is 0 Å². The molecule has 1 aliphatic heterocycles. The molecule has 0 aliphatic carbocycles. The molecule has 0 saturated carbocycles. The Bertz CT molecular complexity index is 590. The first kappa shape index (κ1) is 17.0. The second kappa shape index (κ2) is 6.84. The number of nitrogens with zero attached hydrogens (tertiary/aromatic N) is 1. The Morgan fingerprint density at radius 2 is 2.14 bits per heavy atom. The Morgan fingerprint density at radius 3 is 2.68 bits per heavy atom. The Balaban J connectivity index is 2.10. The van der Waals surface area contributed by atoms with Crippen molar-refractivity contribution >= 4 is 27.6 Å². The van der Waals surface area contributed by atoms with E-state index in [1.165, 1.54) is 0 Å². The summed E-state index contributed by atoms with van der Waals surface area (Å²) in [6.45, 7) is 6.76. The zero-order chi connectivity index (χ0) is 16.3. The molecule has 0 atom stereocenters. The lowest BCUT2D eigenvalue weighted by Gasteiger charge is -2.30. The molecule has 0 aromatic heterocycles. The van der Waals surface area contributed by atoms with E-state index in [2.05, 4.69) is 15.9 Å². The van der Waals surface area contributed by atoms with Crippen LogP contribution in [0, 0.1) is 0 Å². The van der Waals surface area contributed by atoms with Gasteiger partial charge in [-0.05, 0) is 56.0 Å². The van der Waals surface area contributed by atoms with Crippen LogP contribution in [0.4, 0.5) is 4.79 Å². The van der Waals surface area contributed by atoms with Crippen LogP contribution in [-0.2, 0) is 11.3 Å². The average molecular weight is 368 g/mol. The largest absolute Gasteiger partial charge is 0.444 e. The van der Waals surface area contributed by atoms with Gasteiger partial charge in [-0.2, -0.15) is 0 Å². The van der Waals surface area contributed by atoms with Crippen molar-refractivity contribution in [1.29, 1.82) is 0 Å². The summed E-state index contributed by atoms with van der Waals surface area (Å²) in [7, 11) is 0. The molecular formula is C17H22BrNO3. The van der Waals surface area contributed by atoms with Crippen LogP contribution in [-0.4, -0.2) is 34.8 Å². The minimum atomic E-state index is -0.475. The summed E-state index contributed by atoms with van der Waals surface area (Å²) in [6.07, 6.45) is 2.52. The lowest BCUT2D eigenvalue weighted by molar-refractivity contribution is 0.0270. The van der Waals surface area contributed by atoms with Crippen LogP contribution >= 0.6 is 15.9 Å². The van der Waals surface area contributed by atoms with E-state index in [9.17, 15) is 9.90 Å². The van der Waals surface area contributed by atoms with Crippen LogP contribution < -0.4 is 0 Å². The van der Waals surface area contributed by atoms with Crippen molar-refractivity contribution in [2.75, 3.05) is 13.1 Å². The number of aliphatic hydroxyl groups excluding tert-OH is 1. The Labute approximate surface area is 139 Å². The fourth-order valence-electron chi connectivity index (χ4n) is 2.41. The molecule has 5 heteroatoms. The summed E-state index contributed by atoms with van der Waals surface area (Å²) in [5, 5.41) is 9.51. The third-order valence-corrected chi connectivity index (χ3v) is 3.94. The van der Waals surface area contributed by atoms with E-state index in [1.54, 1.807) is 4.90 Å². The highest BCUT2D eigenvalue weighted by Crippen LogP contribution is 2.28. The number of carbonyl (C=O) groups is 1. The van der Waals surface area contributed by atoms with E-state index in [1.807, 2.05) is 45.0 Å². The Hall–Kier alpha value is -1.33. The van der Waals surface area contributed by atoms with E-state index < -0.39 is 5.60 Å². The van der Waals surface area contributed by atoms with Gasteiger partial charge in [0.15, 0.2) is 0 Å². The Morgan fingerprint density at radius 1 is 1.41 bits per heavy atom. The van der Waals surface area contributed by atoms with Crippen molar-refractivity contribution in [3.05, 3.63) is 39.9 Å². The number of carbonyl (C=O) groups excluding carboxylic acids is 1. The molecule has 120 valence electrons. The van der Waals surface area contributed by atoms with Gasteiger partial charge in [0, 0.05) is 17.6 Å². The number of hydrogen-bond donors (Lipinski definition) is 1. The predicted molar refractivity (Wildman–Crippen MR) is 90.5 cm³/mol. The third kappa shape index (κ3) is 4.34. The molecule has 0 radical (unpaired) electrons. The molecular weight excluding hydrogens is 346 g/mol. The monoisotopic (exact) mass is 367 g/mol. The third-order valence-electron chi connectivity index (χ3n) is 3.44. The molecule has 1 aromatic carbocycles. The van der Waals surface area contributed by atoms with Crippen LogP contribution in [0.25, 0.3) is 5.57 Å². The highest BCUT2D eigenvalue weighted by molar-refractivity contribution is 9.10. The average Bonchev–Trinajstić information content (AvgIpc) is 2.45. The molecule has 1 aliphatic rings. The van der Waals surface area contributed by atoms with Crippen molar-refractivity contribution in [3.63, 3.8) is 0 Å². The number of ether oxygens (including phenoxy) is 1. The highest BCUT2D eigenvalue weighted by atomic mass is 79.9. The molecule has 0 fully saturated rings. The summed E-state index contributed by atoms with van der Waals surface area (Å²) < 4.78 is 6.34. The second-order valence-corrected chi connectivity index (χ2v) is 7.28. The van der Waals surface area contributed by atoms with Crippen LogP contribution in [0.5, 0.6) is 0 Å². The maximum atomic E-state index is 12.1. The minimum absolute atomic E-state index is 0.00188. The standard InChI is InChI=1S/C17H22BrNO3/c1-17(2,3)22-16(21)19-8-6-12(7-9-19)15-5-4-14(18)10-13(15)11-20/h4-6,10,20H,7-9,11H2,1-3H3. The number of aliphatic hydroxyl groups is 1. The smallest absolute Gasteiger partial charge is 0.410 e. The zero-order valence-corrected chi connectivity index (χ0v) is 14.8. The van der Waals surface area contributed by atoms with Crippen molar-refractivity contribution in [2.45, 2.75) is 39.4 Å². The van der Waals surface area contributed by atoms with E-state index in [0.29, 0.717) is 13.1 Å². The minimum Gasteiger partial charge on any atom is -0.444 e. The molecule has 0 saturated heterocycles. The van der Waals surface area contributed by atoms with Gasteiger partial charge < -0.3 is 14.7 Å². The van der Waals surface area contributed by atoms with E-state index in [-0.39, 0.29) is 12.7 Å². The van der Waals surface area contributed by atoms with Crippen LogP contribution in [0.3, 0.4) is 0 Å². The quantitative estimate of drug-likeness (QED) is 0.860. The SMILES string of the molecule is CC(C)(C)OC(=O)N1CC=C(c2ccc(Br)cc2CO)CC1. The van der Waals surface area contributed by atoms with Gasteiger partial charge in [0.25, 0.3) is 0 Å². The molecule has 1 amide bonds. The molecule has 0 spiro atoms. The van der Waals surface area contributed by atoms with Gasteiger partial charge in [-0.15, -0.1) is 0 Å². The molecule has 1 heterocycles. The van der Waals surface area contributed by atoms with Crippen molar-refractivity contribution in [3.8, 4) is 0 Å². The maximum absolute atomic E-state index is 12.1. The first-order valence-electron chi connectivity index (χ1n) is 7.37. The highest BCUT2D eigenvalue weighted by Gasteiger charge is 2.24. The lowest BCUT2D eigenvalue weighted by atomic mass is 9.95. The molecule has 1 N–H and O–H groups in total. The number of hydrogen-bond acceptors (Lipinski definition) is 3. The summed E-state index contributed by atoms with van der Waals surface area (Å²) in [4.78, 5) is 13.8. The van der Waals surface area contributed by atoms with Crippen LogP contribution in [0.2, 0.25) is 0 Å². The van der Waals surface area contributed by atoms with E-state index >= 15 is 0 Å². The van der Waals surface area contributed by atoms with Crippen molar-refractivity contribution < 1.29 is 14.6 Å². The summed E-state index contributed by atoms with van der Waals surface area (Å²) in [5.41, 5.74) is 2.63. The lowest BCUT2D eigenvalue weighted by Crippen LogP contribution is -2.39. The van der Waals surface area contributed by atoms with Gasteiger partial charge in [-0.1, -0.05) is 28.1 Å². The molecule has 0 bridgehead atoms. The zero-order valence-electron chi connectivity index (χ0n) is 13.2. The van der Waals surface area contributed by atoms with Crippen molar-refractivity contribution in [2.24, 2.45) is 0 Å². The van der Waals surface area contributed by atoms with Crippen molar-refractivity contribution in [1.82, 2.24) is 4.90 Å². The first-order valence-corrected chi connectivity index (χ1v) is 8.16. The number of amides is 1. The first-order chi connectivity index (χ1) is 10.3. The fourth-order valence-corrected chi connectivity index (χ4v) is 2.82. The summed E-state index contributed by atoms with van der Waals surface area (Å²) in [6, 6.07) is 5.90. The normalized spacial score (nSPS) is 15.5. The van der Waals surface area contributed by atoms with Gasteiger partial charge in [-0.25, -0.2) is 4.79 Å². The molecule has 1 aromatic rings. The second-order valence-electron chi connectivity index (χ2n) is 6.37. The summed E-state index contributed by atoms with van der Waals surface area (Å²) in [5.74, 6) is 0. The molecule has 0 unspecified atom stereocenters. The number of rotatable bonds is 2. The van der Waals surface area contributed by atoms with Crippen LogP contribution in [0.1, 0.15) is 38.3 Å². The molecule has 4 nitrogen and oxygen atoms in total. The maximum Gasteiger partial charge on any atom is 0.410 e. The van der Waals surface area contributed by atoms with Gasteiger partial charge in [-0.3, -0.25) is 0 Å². The fraction of sp³-hybridized carbons (Fsp3) is 0.471. The van der Waals surface area contributed by atoms with E-state index in [0.717, 1.165) is 27.6 Å². The number of halogens is 1. The topological polar surface area (TPSA) is 49.8 Å². The molecule has 2 rings (SSSR count). The van der Waals surface area contributed by atoms with Crippen LogP contribution in [0.15, 0.2) is 28.7 Å². The van der Waals surface area contributed by atoms with Gasteiger partial charge in [0.1, 0.15) is 5.60 Å². The predicted octanol–water partition coefficient (Wildman–Crippen LogP) is 3.97. The number of benzene rings is 1. The van der Waals surface area contributed by atoms with Gasteiger partial charge >= 0.3 is 6.09 Å². The summed E-state index contributed by atoms with van der Waals surface area (Å²) >= 11 is 3.42. The van der Waals surface area contributed by atoms with Gasteiger partial charge in [0.05, 0.1) is 6.61 Å².